The summed E-state index contributed by atoms with van der Waals surface area (Å²) >= 11 is 1.63. The van der Waals surface area contributed by atoms with Gasteiger partial charge in [0.15, 0.2) is 5.16 Å². The molecule has 24 heavy (non-hydrogen) atoms. The van der Waals surface area contributed by atoms with Crippen LogP contribution in [0.2, 0.25) is 0 Å². The van der Waals surface area contributed by atoms with E-state index in [-0.39, 0.29) is 17.5 Å². The minimum Gasteiger partial charge on any atom is -0.340 e. The van der Waals surface area contributed by atoms with Gasteiger partial charge in [-0.05, 0) is 51.9 Å². The number of aromatic nitrogens is 2. The van der Waals surface area contributed by atoms with E-state index in [9.17, 15) is 9.59 Å². The minimum absolute atomic E-state index is 0.0288. The predicted octanol–water partition coefficient (Wildman–Crippen LogP) is 2.56. The summed E-state index contributed by atoms with van der Waals surface area (Å²) in [6.07, 6.45) is 7.81. The SMILES string of the molecule is CC1CCCCN1C(=O)CC1CSc2nc3c(c(=O)n21)CCCC3. The highest BCUT2D eigenvalue weighted by Gasteiger charge is 2.33. The van der Waals surface area contributed by atoms with E-state index in [0.717, 1.165) is 67.2 Å². The Hall–Kier alpha value is -1.30. The molecule has 2 atom stereocenters. The van der Waals surface area contributed by atoms with Crippen LogP contribution in [0.3, 0.4) is 0 Å². The molecule has 1 aliphatic carbocycles. The fourth-order valence-corrected chi connectivity index (χ4v) is 5.41. The van der Waals surface area contributed by atoms with Crippen LogP contribution >= 0.6 is 11.8 Å². The molecule has 1 aromatic heterocycles. The predicted molar refractivity (Wildman–Crippen MR) is 94.5 cm³/mol. The van der Waals surface area contributed by atoms with Crippen molar-refractivity contribution in [2.75, 3.05) is 12.3 Å². The van der Waals surface area contributed by atoms with Crippen molar-refractivity contribution in [2.45, 2.75) is 75.5 Å². The van der Waals surface area contributed by atoms with Crippen LogP contribution in [0.15, 0.2) is 9.95 Å². The molecule has 2 aliphatic heterocycles. The highest BCUT2D eigenvalue weighted by Crippen LogP contribution is 2.34. The Morgan fingerprint density at radius 1 is 1.25 bits per heavy atom. The van der Waals surface area contributed by atoms with Crippen molar-refractivity contribution in [3.8, 4) is 0 Å². The van der Waals surface area contributed by atoms with Gasteiger partial charge >= 0.3 is 0 Å². The monoisotopic (exact) mass is 347 g/mol. The molecule has 0 saturated carbocycles. The van der Waals surface area contributed by atoms with Gasteiger partial charge in [0.05, 0.1) is 11.7 Å². The second-order valence-electron chi connectivity index (χ2n) is 7.30. The van der Waals surface area contributed by atoms with Gasteiger partial charge in [0.25, 0.3) is 5.56 Å². The number of aryl methyl sites for hydroxylation is 1. The molecular weight excluding hydrogens is 322 g/mol. The third kappa shape index (κ3) is 2.79. The van der Waals surface area contributed by atoms with Crippen molar-refractivity contribution in [3.05, 3.63) is 21.6 Å². The van der Waals surface area contributed by atoms with Gasteiger partial charge in [0, 0.05) is 30.3 Å². The summed E-state index contributed by atoms with van der Waals surface area (Å²) in [5.74, 6) is 0.990. The number of nitrogens with zero attached hydrogens (tertiary/aromatic N) is 3. The number of likely N-dealkylation sites (tertiary alicyclic amines) is 1. The van der Waals surface area contributed by atoms with Crippen molar-refractivity contribution < 1.29 is 4.79 Å². The van der Waals surface area contributed by atoms with Crippen molar-refractivity contribution in [1.29, 1.82) is 0 Å². The zero-order chi connectivity index (χ0) is 16.7. The maximum atomic E-state index is 12.9. The lowest BCUT2D eigenvalue weighted by molar-refractivity contribution is -0.135. The zero-order valence-electron chi connectivity index (χ0n) is 14.3. The van der Waals surface area contributed by atoms with Crippen LogP contribution in [0.5, 0.6) is 0 Å². The van der Waals surface area contributed by atoms with E-state index in [1.54, 1.807) is 11.8 Å². The zero-order valence-corrected chi connectivity index (χ0v) is 15.1. The van der Waals surface area contributed by atoms with Gasteiger partial charge in [-0.1, -0.05) is 11.8 Å². The maximum Gasteiger partial charge on any atom is 0.257 e. The van der Waals surface area contributed by atoms with Crippen LogP contribution in [-0.2, 0) is 17.6 Å². The Kier molecular flexibility index (Phi) is 4.41. The molecule has 0 spiro atoms. The molecule has 1 fully saturated rings. The van der Waals surface area contributed by atoms with E-state index in [4.69, 9.17) is 4.98 Å². The van der Waals surface area contributed by atoms with Crippen molar-refractivity contribution >= 4 is 17.7 Å². The van der Waals surface area contributed by atoms with E-state index in [1.807, 2.05) is 9.47 Å². The second-order valence-corrected chi connectivity index (χ2v) is 8.29. The summed E-state index contributed by atoms with van der Waals surface area (Å²) in [6, 6.07) is 0.303. The van der Waals surface area contributed by atoms with Crippen LogP contribution in [0.25, 0.3) is 0 Å². The molecule has 0 aromatic carbocycles. The summed E-state index contributed by atoms with van der Waals surface area (Å²) in [4.78, 5) is 32.4. The molecule has 6 heteroatoms. The minimum atomic E-state index is -0.0288. The normalized spacial score (nSPS) is 26.1. The number of carbonyl (C=O) groups excluding carboxylic acids is 1. The molecule has 1 saturated heterocycles. The van der Waals surface area contributed by atoms with E-state index >= 15 is 0 Å². The maximum absolute atomic E-state index is 12.9. The molecule has 0 radical (unpaired) electrons. The summed E-state index contributed by atoms with van der Waals surface area (Å²) < 4.78 is 1.82. The van der Waals surface area contributed by atoms with Crippen molar-refractivity contribution in [3.63, 3.8) is 0 Å². The van der Waals surface area contributed by atoms with Gasteiger partial charge in [0.1, 0.15) is 0 Å². The highest BCUT2D eigenvalue weighted by atomic mass is 32.2. The topological polar surface area (TPSA) is 55.2 Å². The van der Waals surface area contributed by atoms with Gasteiger partial charge in [0.2, 0.25) is 5.91 Å². The molecule has 4 rings (SSSR count). The number of rotatable bonds is 2. The first kappa shape index (κ1) is 16.2. The lowest BCUT2D eigenvalue weighted by Gasteiger charge is -2.34. The second kappa shape index (κ2) is 6.54. The van der Waals surface area contributed by atoms with Gasteiger partial charge in [-0.15, -0.1) is 0 Å². The Bertz CT molecular complexity index is 715. The lowest BCUT2D eigenvalue weighted by atomic mass is 9.97. The molecular formula is C18H25N3O2S. The van der Waals surface area contributed by atoms with Crippen LogP contribution in [0.1, 0.15) is 62.7 Å². The average Bonchev–Trinajstić information content (AvgIpc) is 2.98. The fourth-order valence-electron chi connectivity index (χ4n) is 4.25. The summed E-state index contributed by atoms with van der Waals surface area (Å²) in [6.45, 7) is 3.00. The quantitative estimate of drug-likeness (QED) is 0.772. The summed E-state index contributed by atoms with van der Waals surface area (Å²) in [5.41, 5.74) is 2.02. The molecule has 1 amide bonds. The van der Waals surface area contributed by atoms with Gasteiger partial charge in [-0.3, -0.25) is 14.2 Å². The first-order valence-electron chi connectivity index (χ1n) is 9.21. The number of hydrogen-bond acceptors (Lipinski definition) is 4. The first-order chi connectivity index (χ1) is 11.6. The summed E-state index contributed by atoms with van der Waals surface area (Å²) in [7, 11) is 0. The van der Waals surface area contributed by atoms with E-state index in [0.29, 0.717) is 12.5 Å². The Balaban J connectivity index is 1.58. The van der Waals surface area contributed by atoms with Gasteiger partial charge in [-0.2, -0.15) is 0 Å². The number of carbonyl (C=O) groups is 1. The average molecular weight is 347 g/mol. The van der Waals surface area contributed by atoms with E-state index < -0.39 is 0 Å². The third-order valence-electron chi connectivity index (χ3n) is 5.66. The smallest absolute Gasteiger partial charge is 0.257 e. The van der Waals surface area contributed by atoms with E-state index in [2.05, 4.69) is 6.92 Å². The van der Waals surface area contributed by atoms with Crippen LogP contribution in [0, 0.1) is 0 Å². The number of thioether (sulfide) groups is 1. The van der Waals surface area contributed by atoms with Crippen molar-refractivity contribution in [1.82, 2.24) is 14.5 Å². The number of fused-ring (bicyclic) bond motifs is 2. The molecule has 5 nitrogen and oxygen atoms in total. The molecule has 3 aliphatic rings. The highest BCUT2D eigenvalue weighted by molar-refractivity contribution is 7.99. The van der Waals surface area contributed by atoms with Crippen LogP contribution in [-0.4, -0.2) is 38.7 Å². The van der Waals surface area contributed by atoms with Gasteiger partial charge < -0.3 is 4.90 Å². The van der Waals surface area contributed by atoms with E-state index in [1.165, 1.54) is 6.42 Å². The standard InChI is InChI=1S/C18H25N3O2S/c1-12-6-4-5-9-20(12)16(22)10-13-11-24-18-19-15-8-3-2-7-14(15)17(23)21(13)18/h12-13H,2-11H2,1H3. The molecule has 2 unspecified atom stereocenters. The third-order valence-corrected chi connectivity index (χ3v) is 6.75. The first-order valence-corrected chi connectivity index (χ1v) is 10.2. The molecule has 130 valence electrons. The Morgan fingerprint density at radius 2 is 2.08 bits per heavy atom. The molecule has 1 aromatic rings. The van der Waals surface area contributed by atoms with Gasteiger partial charge in [-0.25, -0.2) is 4.98 Å². The Labute approximate surface area is 146 Å². The fraction of sp³-hybridized carbons (Fsp3) is 0.722. The largest absolute Gasteiger partial charge is 0.340 e. The summed E-state index contributed by atoms with van der Waals surface area (Å²) in [5, 5.41) is 0.824. The van der Waals surface area contributed by atoms with Crippen LogP contribution in [0.4, 0.5) is 0 Å². The lowest BCUT2D eigenvalue weighted by Crippen LogP contribution is -2.43. The molecule has 0 bridgehead atoms. The molecule has 0 N–H and O–H groups in total. The number of piperidine rings is 1. The number of hydrogen-bond donors (Lipinski definition) is 0. The number of amides is 1. The molecule has 3 heterocycles. The van der Waals surface area contributed by atoms with Crippen molar-refractivity contribution in [2.24, 2.45) is 0 Å². The Morgan fingerprint density at radius 3 is 2.92 bits per heavy atom. The van der Waals surface area contributed by atoms with Crippen LogP contribution < -0.4 is 5.56 Å².